The van der Waals surface area contributed by atoms with Crippen molar-refractivity contribution in [2.75, 3.05) is 19.3 Å². The number of rotatable bonds is 5. The number of likely N-dealkylation sites (tertiary alicyclic amines) is 1. The summed E-state index contributed by atoms with van der Waals surface area (Å²) in [6, 6.07) is 12.7. The Bertz CT molecular complexity index is 715. The second-order valence-electron chi connectivity index (χ2n) is 6.61. The lowest BCUT2D eigenvalue weighted by Gasteiger charge is -2.37. The highest BCUT2D eigenvalue weighted by atomic mass is 32.2. The third-order valence-corrected chi connectivity index (χ3v) is 5.56. The lowest BCUT2D eigenvalue weighted by molar-refractivity contribution is -0.143. The number of aliphatic carboxylic acids is 1. The van der Waals surface area contributed by atoms with Gasteiger partial charge in [0.05, 0.1) is 17.7 Å². The van der Waals surface area contributed by atoms with Gasteiger partial charge in [-0.1, -0.05) is 18.2 Å². The number of pyridine rings is 1. The molecule has 0 bridgehead atoms. The van der Waals surface area contributed by atoms with Crippen LogP contribution in [0.15, 0.2) is 47.5 Å². The molecule has 25 heavy (non-hydrogen) atoms. The Kier molecular flexibility index (Phi) is 5.76. The molecule has 2 aromatic rings. The van der Waals surface area contributed by atoms with E-state index in [4.69, 9.17) is 0 Å². The number of benzene rings is 1. The van der Waals surface area contributed by atoms with Crippen LogP contribution in [0.25, 0.3) is 0 Å². The minimum Gasteiger partial charge on any atom is -0.481 e. The van der Waals surface area contributed by atoms with Gasteiger partial charge in [-0.2, -0.15) is 0 Å². The van der Waals surface area contributed by atoms with Crippen molar-refractivity contribution in [1.29, 1.82) is 0 Å². The summed E-state index contributed by atoms with van der Waals surface area (Å²) in [5.41, 5.74) is 3.27. The molecule has 5 heteroatoms. The monoisotopic (exact) mass is 356 g/mol. The van der Waals surface area contributed by atoms with Gasteiger partial charge in [0, 0.05) is 17.6 Å². The van der Waals surface area contributed by atoms with E-state index >= 15 is 0 Å². The molecule has 1 aromatic carbocycles. The zero-order valence-corrected chi connectivity index (χ0v) is 15.5. The molecule has 1 aliphatic heterocycles. The Hall–Kier alpha value is -1.85. The first kappa shape index (κ1) is 18.0. The lowest BCUT2D eigenvalue weighted by Crippen LogP contribution is -2.41. The van der Waals surface area contributed by atoms with E-state index < -0.39 is 5.97 Å². The Morgan fingerprint density at radius 2 is 2.04 bits per heavy atom. The zero-order valence-electron chi connectivity index (χ0n) is 14.7. The van der Waals surface area contributed by atoms with Crippen molar-refractivity contribution < 1.29 is 9.90 Å². The summed E-state index contributed by atoms with van der Waals surface area (Å²) in [6.45, 7) is 3.49. The summed E-state index contributed by atoms with van der Waals surface area (Å²) in [4.78, 5) is 19.6. The van der Waals surface area contributed by atoms with Gasteiger partial charge in [0.1, 0.15) is 0 Å². The number of hydrogen-bond donors (Lipinski definition) is 1. The van der Waals surface area contributed by atoms with Crippen LogP contribution in [-0.4, -0.2) is 40.3 Å². The molecule has 0 saturated carbocycles. The number of carboxylic acids is 1. The minimum atomic E-state index is -0.696. The van der Waals surface area contributed by atoms with Crippen molar-refractivity contribution in [2.24, 2.45) is 5.92 Å². The van der Waals surface area contributed by atoms with Gasteiger partial charge < -0.3 is 5.11 Å². The zero-order chi connectivity index (χ0) is 17.8. The highest BCUT2D eigenvalue weighted by molar-refractivity contribution is 7.98. The molecule has 1 fully saturated rings. The molecule has 1 aromatic heterocycles. The highest BCUT2D eigenvalue weighted by Gasteiger charge is 2.31. The Morgan fingerprint density at radius 1 is 1.28 bits per heavy atom. The highest BCUT2D eigenvalue weighted by Crippen LogP contribution is 2.32. The fraction of sp³-hybridized carbons (Fsp3) is 0.400. The fourth-order valence-electron chi connectivity index (χ4n) is 3.44. The number of aryl methyl sites for hydroxylation is 1. The molecular formula is C20H24N2O2S. The number of nitrogens with zero attached hydrogens (tertiary/aromatic N) is 2. The van der Waals surface area contributed by atoms with Crippen molar-refractivity contribution in [3.05, 3.63) is 59.4 Å². The fourth-order valence-corrected chi connectivity index (χ4v) is 3.85. The lowest BCUT2D eigenvalue weighted by atomic mass is 9.93. The van der Waals surface area contributed by atoms with Crippen molar-refractivity contribution in [1.82, 2.24) is 9.88 Å². The average Bonchev–Trinajstić information content (AvgIpc) is 2.64. The second kappa shape index (κ2) is 8.02. The minimum absolute atomic E-state index is 0.00124. The van der Waals surface area contributed by atoms with Crippen molar-refractivity contribution in [3.8, 4) is 0 Å². The summed E-state index contributed by atoms with van der Waals surface area (Å²) in [5.74, 6) is -0.995. The van der Waals surface area contributed by atoms with Gasteiger partial charge in [0.15, 0.2) is 0 Å². The maximum absolute atomic E-state index is 11.5. The number of hydrogen-bond acceptors (Lipinski definition) is 4. The third kappa shape index (κ3) is 4.22. The molecule has 0 amide bonds. The van der Waals surface area contributed by atoms with Crippen LogP contribution in [0.4, 0.5) is 0 Å². The Labute approximate surface area is 153 Å². The smallest absolute Gasteiger partial charge is 0.307 e. The third-order valence-electron chi connectivity index (χ3n) is 4.81. The van der Waals surface area contributed by atoms with Crippen LogP contribution in [0, 0.1) is 12.8 Å². The van der Waals surface area contributed by atoms with Gasteiger partial charge in [0.2, 0.25) is 0 Å². The van der Waals surface area contributed by atoms with E-state index in [1.54, 1.807) is 11.8 Å². The molecule has 2 unspecified atom stereocenters. The number of piperidine rings is 1. The van der Waals surface area contributed by atoms with Gasteiger partial charge in [-0.05, 0) is 61.9 Å². The quantitative estimate of drug-likeness (QED) is 0.821. The molecule has 2 atom stereocenters. The molecule has 1 saturated heterocycles. The molecule has 4 nitrogen and oxygen atoms in total. The molecule has 132 valence electrons. The van der Waals surface area contributed by atoms with Crippen LogP contribution >= 0.6 is 11.8 Å². The Balaban J connectivity index is 1.95. The summed E-state index contributed by atoms with van der Waals surface area (Å²) in [6.07, 6.45) is 5.61. The molecule has 0 aliphatic carbocycles. The van der Waals surface area contributed by atoms with Gasteiger partial charge in [-0.25, -0.2) is 0 Å². The normalized spacial score (nSPS) is 19.5. The standard InChI is InChI=1S/C20H24N2O2S/c1-14-5-10-18(21-12-14)19(15-6-8-17(25-2)9-7-15)22-11-3-4-16(13-22)20(23)24/h5-10,12,16,19H,3-4,11,13H2,1-2H3,(H,23,24). The van der Waals surface area contributed by atoms with Crippen molar-refractivity contribution in [2.45, 2.75) is 30.7 Å². The summed E-state index contributed by atoms with van der Waals surface area (Å²) in [7, 11) is 0. The second-order valence-corrected chi connectivity index (χ2v) is 7.49. The van der Waals surface area contributed by atoms with E-state index in [-0.39, 0.29) is 12.0 Å². The number of aromatic nitrogens is 1. The van der Waals surface area contributed by atoms with E-state index in [0.717, 1.165) is 30.6 Å². The molecule has 1 aliphatic rings. The summed E-state index contributed by atoms with van der Waals surface area (Å²) < 4.78 is 0. The Morgan fingerprint density at radius 3 is 2.64 bits per heavy atom. The van der Waals surface area contributed by atoms with Crippen LogP contribution in [-0.2, 0) is 4.79 Å². The maximum Gasteiger partial charge on any atom is 0.307 e. The van der Waals surface area contributed by atoms with E-state index in [1.165, 1.54) is 10.5 Å². The summed E-state index contributed by atoms with van der Waals surface area (Å²) in [5, 5.41) is 9.44. The molecule has 2 heterocycles. The van der Waals surface area contributed by atoms with Crippen LogP contribution < -0.4 is 0 Å². The molecular weight excluding hydrogens is 332 g/mol. The maximum atomic E-state index is 11.5. The molecule has 0 spiro atoms. The summed E-state index contributed by atoms with van der Waals surface area (Å²) >= 11 is 1.72. The van der Waals surface area contributed by atoms with E-state index in [9.17, 15) is 9.90 Å². The molecule has 3 rings (SSSR count). The van der Waals surface area contributed by atoms with E-state index in [1.807, 2.05) is 13.1 Å². The first-order chi connectivity index (χ1) is 12.1. The van der Waals surface area contributed by atoms with Crippen LogP contribution in [0.2, 0.25) is 0 Å². The van der Waals surface area contributed by atoms with Crippen molar-refractivity contribution >= 4 is 17.7 Å². The van der Waals surface area contributed by atoms with Crippen LogP contribution in [0.3, 0.4) is 0 Å². The first-order valence-electron chi connectivity index (χ1n) is 8.62. The molecule has 0 radical (unpaired) electrons. The van der Waals surface area contributed by atoms with Crippen LogP contribution in [0.1, 0.15) is 35.7 Å². The van der Waals surface area contributed by atoms with E-state index in [2.05, 4.69) is 52.5 Å². The number of carboxylic acid groups (broad SMARTS) is 1. The van der Waals surface area contributed by atoms with Gasteiger partial charge in [-0.15, -0.1) is 11.8 Å². The SMILES string of the molecule is CSc1ccc(C(c2ccc(C)cn2)N2CCCC(C(=O)O)C2)cc1. The number of carbonyl (C=O) groups is 1. The van der Waals surface area contributed by atoms with Gasteiger partial charge in [0.25, 0.3) is 0 Å². The van der Waals surface area contributed by atoms with E-state index in [0.29, 0.717) is 6.54 Å². The first-order valence-corrected chi connectivity index (χ1v) is 9.84. The van der Waals surface area contributed by atoms with Gasteiger partial charge in [-0.3, -0.25) is 14.7 Å². The predicted molar refractivity (Wildman–Crippen MR) is 101 cm³/mol. The largest absolute Gasteiger partial charge is 0.481 e. The van der Waals surface area contributed by atoms with Crippen LogP contribution in [0.5, 0.6) is 0 Å². The number of thioether (sulfide) groups is 1. The average molecular weight is 356 g/mol. The topological polar surface area (TPSA) is 53.4 Å². The van der Waals surface area contributed by atoms with Gasteiger partial charge >= 0.3 is 5.97 Å². The molecule has 1 N–H and O–H groups in total. The predicted octanol–water partition coefficient (Wildman–Crippen LogP) is 4.00. The van der Waals surface area contributed by atoms with Crippen molar-refractivity contribution in [3.63, 3.8) is 0 Å².